The first kappa shape index (κ1) is 28.0. The molecule has 2 aromatic rings. The number of aromatic nitrogens is 2. The van der Waals surface area contributed by atoms with Crippen LogP contribution in [0.1, 0.15) is 12.8 Å². The largest absolute Gasteiger partial charge is 1.00 e. The van der Waals surface area contributed by atoms with Crippen molar-refractivity contribution in [2.24, 2.45) is 21.7 Å². The highest BCUT2D eigenvalue weighted by Crippen LogP contribution is 2.32. The molecule has 0 saturated heterocycles. The van der Waals surface area contributed by atoms with E-state index in [-0.39, 0.29) is 50.9 Å². The first-order chi connectivity index (χ1) is 12.7. The van der Waals surface area contributed by atoms with E-state index in [9.17, 15) is 0 Å². The molecular weight excluding hydrogens is 568 g/mol. The Morgan fingerprint density at radius 2 is 1.90 bits per heavy atom. The van der Waals surface area contributed by atoms with Crippen LogP contribution in [0, 0.1) is 0 Å². The number of azo groups is 1. The third kappa shape index (κ3) is 7.32. The molecule has 1 aromatic heterocycles. The zero-order chi connectivity index (χ0) is 18.4. The second kappa shape index (κ2) is 14.1. The molecule has 0 aliphatic carbocycles. The molecule has 0 amide bonds. The SMILES string of the molecule is Br.Br.CN1CCNc2cc(/N=N/c3n(CCCN)cc[n+]3CCCN)ccc21.[Br-]. The van der Waals surface area contributed by atoms with Crippen LogP contribution in [0.5, 0.6) is 0 Å². The van der Waals surface area contributed by atoms with Gasteiger partial charge in [-0.15, -0.1) is 34.0 Å². The van der Waals surface area contributed by atoms with Gasteiger partial charge in [0.2, 0.25) is 0 Å². The average molecular weight is 599 g/mol. The standard InChI is InChI=1S/C18H29N8.3BrH/c1-24-11-8-21-16-14-15(4-5-17(16)24)22-23-18-25(9-2-6-19)12-13-26(18)10-3-7-20;;;/h4-5,12-14,21H,2-3,6-11,19-20H2,1H3;3*1H/q+1;;;/p-1. The highest BCUT2D eigenvalue weighted by molar-refractivity contribution is 8.93. The van der Waals surface area contributed by atoms with Crippen molar-refractivity contribution in [1.29, 1.82) is 0 Å². The fourth-order valence-corrected chi connectivity index (χ4v) is 3.09. The van der Waals surface area contributed by atoms with Gasteiger partial charge in [-0.25, -0.2) is 9.13 Å². The van der Waals surface area contributed by atoms with Gasteiger partial charge in [0.1, 0.15) is 5.69 Å². The first-order valence-electron chi connectivity index (χ1n) is 9.22. The molecule has 0 radical (unpaired) electrons. The molecule has 0 fully saturated rings. The monoisotopic (exact) mass is 596 g/mol. The predicted molar refractivity (Wildman–Crippen MR) is 125 cm³/mol. The Hall–Kier alpha value is -1.01. The van der Waals surface area contributed by atoms with E-state index in [1.807, 2.05) is 24.5 Å². The van der Waals surface area contributed by atoms with Crippen LogP contribution in [0.25, 0.3) is 0 Å². The summed E-state index contributed by atoms with van der Waals surface area (Å²) in [7, 11) is 2.10. The van der Waals surface area contributed by atoms with Crippen LogP contribution in [-0.4, -0.2) is 37.8 Å². The lowest BCUT2D eigenvalue weighted by atomic mass is 10.2. The smallest absolute Gasteiger partial charge is 0.421 e. The second-order valence-corrected chi connectivity index (χ2v) is 6.52. The van der Waals surface area contributed by atoms with Crippen molar-refractivity contribution in [3.8, 4) is 0 Å². The molecule has 164 valence electrons. The molecule has 29 heavy (non-hydrogen) atoms. The molecule has 3 rings (SSSR count). The first-order valence-corrected chi connectivity index (χ1v) is 9.22. The van der Waals surface area contributed by atoms with Gasteiger partial charge in [-0.05, 0) is 44.1 Å². The Morgan fingerprint density at radius 3 is 2.62 bits per heavy atom. The van der Waals surface area contributed by atoms with E-state index in [0.717, 1.165) is 56.3 Å². The quantitative estimate of drug-likeness (QED) is 0.292. The van der Waals surface area contributed by atoms with E-state index >= 15 is 0 Å². The molecular formula is C18H31Br3N8. The molecule has 0 unspecified atom stereocenters. The highest BCUT2D eigenvalue weighted by atomic mass is 79.9. The van der Waals surface area contributed by atoms with Gasteiger partial charge in [0.25, 0.3) is 0 Å². The topological polar surface area (TPSA) is 101 Å². The van der Waals surface area contributed by atoms with E-state index < -0.39 is 0 Å². The minimum absolute atomic E-state index is 0. The van der Waals surface area contributed by atoms with E-state index in [1.165, 1.54) is 5.69 Å². The van der Waals surface area contributed by atoms with Crippen LogP contribution in [-0.2, 0) is 13.1 Å². The Morgan fingerprint density at radius 1 is 1.14 bits per heavy atom. The van der Waals surface area contributed by atoms with Gasteiger partial charge in [-0.1, -0.05) is 5.11 Å². The van der Waals surface area contributed by atoms with Gasteiger partial charge >= 0.3 is 5.95 Å². The third-order valence-electron chi connectivity index (χ3n) is 4.56. The van der Waals surface area contributed by atoms with E-state index in [0.29, 0.717) is 13.1 Å². The fraction of sp³-hybridized carbons (Fsp3) is 0.500. The number of fused-ring (bicyclic) bond motifs is 1. The number of aryl methyl sites for hydroxylation is 2. The number of rotatable bonds is 8. The number of imidazole rings is 1. The summed E-state index contributed by atoms with van der Waals surface area (Å²) >= 11 is 0. The molecule has 0 bridgehead atoms. The Bertz CT molecular complexity index is 740. The Balaban J connectivity index is 0.00000261. The van der Waals surface area contributed by atoms with Gasteiger partial charge in [-0.2, -0.15) is 0 Å². The maximum atomic E-state index is 5.65. The van der Waals surface area contributed by atoms with Crippen molar-refractivity contribution in [3.63, 3.8) is 0 Å². The van der Waals surface area contributed by atoms with Crippen molar-refractivity contribution >= 4 is 57.0 Å². The fourth-order valence-electron chi connectivity index (χ4n) is 3.09. The molecule has 5 N–H and O–H groups in total. The lowest BCUT2D eigenvalue weighted by molar-refractivity contribution is -0.683. The van der Waals surface area contributed by atoms with Crippen molar-refractivity contribution in [2.75, 3.05) is 43.4 Å². The van der Waals surface area contributed by atoms with Crippen LogP contribution in [0.4, 0.5) is 23.0 Å². The maximum absolute atomic E-state index is 5.65. The number of benzene rings is 1. The number of nitrogens with one attached hydrogen (secondary N) is 1. The molecule has 1 aliphatic rings. The lowest BCUT2D eigenvalue weighted by Crippen LogP contribution is -3.00. The molecule has 2 heterocycles. The molecule has 0 saturated carbocycles. The van der Waals surface area contributed by atoms with Crippen molar-refractivity contribution in [1.82, 2.24) is 4.57 Å². The average Bonchev–Trinajstić information content (AvgIpc) is 3.04. The highest BCUT2D eigenvalue weighted by Gasteiger charge is 2.17. The van der Waals surface area contributed by atoms with E-state index in [4.69, 9.17) is 11.5 Å². The van der Waals surface area contributed by atoms with Gasteiger partial charge in [0, 0.05) is 25.3 Å². The summed E-state index contributed by atoms with van der Waals surface area (Å²) in [5, 5.41) is 12.4. The summed E-state index contributed by atoms with van der Waals surface area (Å²) in [5.41, 5.74) is 14.4. The summed E-state index contributed by atoms with van der Waals surface area (Å²) in [6, 6.07) is 6.14. The van der Waals surface area contributed by atoms with Crippen molar-refractivity contribution in [2.45, 2.75) is 25.9 Å². The summed E-state index contributed by atoms with van der Waals surface area (Å²) in [5.74, 6) is 0.828. The molecule has 0 atom stereocenters. The van der Waals surface area contributed by atoms with Gasteiger partial charge in [0.15, 0.2) is 0 Å². The van der Waals surface area contributed by atoms with Gasteiger partial charge < -0.3 is 38.7 Å². The number of nitrogens with two attached hydrogens (primary N) is 2. The summed E-state index contributed by atoms with van der Waals surface area (Å²) < 4.78 is 4.19. The minimum Gasteiger partial charge on any atom is -1.00 e. The minimum atomic E-state index is 0. The molecule has 8 nitrogen and oxygen atoms in total. The molecule has 1 aromatic carbocycles. The molecule has 11 heteroatoms. The number of nitrogens with zero attached hydrogens (tertiary/aromatic N) is 5. The normalized spacial score (nSPS) is 12.4. The third-order valence-corrected chi connectivity index (χ3v) is 4.56. The number of anilines is 2. The molecule has 1 aliphatic heterocycles. The summed E-state index contributed by atoms with van der Waals surface area (Å²) in [6.45, 7) is 4.91. The van der Waals surface area contributed by atoms with Crippen molar-refractivity contribution < 1.29 is 21.5 Å². The second-order valence-electron chi connectivity index (χ2n) is 6.52. The zero-order valence-corrected chi connectivity index (χ0v) is 21.6. The van der Waals surface area contributed by atoms with E-state index in [2.05, 4.69) is 42.7 Å². The van der Waals surface area contributed by atoms with Gasteiger partial charge in [-0.3, -0.25) is 0 Å². The van der Waals surface area contributed by atoms with Crippen LogP contribution < -0.4 is 43.2 Å². The maximum Gasteiger partial charge on any atom is 0.421 e. The summed E-state index contributed by atoms with van der Waals surface area (Å²) in [6.07, 6.45) is 5.88. The number of hydrogen-bond donors (Lipinski definition) is 3. The lowest BCUT2D eigenvalue weighted by Gasteiger charge is -2.28. The zero-order valence-electron chi connectivity index (χ0n) is 16.6. The van der Waals surface area contributed by atoms with Crippen LogP contribution in [0.15, 0.2) is 40.8 Å². The van der Waals surface area contributed by atoms with Crippen LogP contribution >= 0.6 is 34.0 Å². The molecule has 0 spiro atoms. The number of hydrogen-bond acceptors (Lipinski definition) is 6. The van der Waals surface area contributed by atoms with Crippen LogP contribution in [0.2, 0.25) is 0 Å². The number of halogens is 3. The van der Waals surface area contributed by atoms with E-state index in [1.54, 1.807) is 0 Å². The number of likely N-dealkylation sites (N-methyl/N-ethyl adjacent to an activating group) is 1. The Labute approximate surface area is 204 Å². The van der Waals surface area contributed by atoms with Crippen LogP contribution in [0.3, 0.4) is 0 Å². The summed E-state index contributed by atoms with van der Waals surface area (Å²) in [4.78, 5) is 2.24. The predicted octanol–water partition coefficient (Wildman–Crippen LogP) is -0.0899. The van der Waals surface area contributed by atoms with Gasteiger partial charge in [0.05, 0.1) is 36.9 Å². The van der Waals surface area contributed by atoms with Crippen molar-refractivity contribution in [3.05, 3.63) is 30.6 Å². The Kier molecular flexibility index (Phi) is 13.6.